The van der Waals surface area contributed by atoms with Crippen molar-refractivity contribution in [3.8, 4) is 0 Å². The minimum Gasteiger partial charge on any atom is -0.412 e. The predicted molar refractivity (Wildman–Crippen MR) is 11.2 cm³/mol. The first-order valence-corrected chi connectivity index (χ1v) is 0.383. The van der Waals surface area contributed by atoms with Gasteiger partial charge in [-0.05, 0) is 0 Å². The van der Waals surface area contributed by atoms with Gasteiger partial charge in [0, 0.05) is 0 Å². The molecule has 0 amide bonds. The zero-order valence-corrected chi connectivity index (χ0v) is 1.80. The molecule has 26 valence electrons. The Kier molecular flexibility index (Phi) is 85.2. The van der Waals surface area contributed by atoms with E-state index in [1.165, 1.54) is 5.34 Å². The summed E-state index contributed by atoms with van der Waals surface area (Å²) >= 11 is 0. The van der Waals surface area contributed by atoms with Crippen LogP contribution in [0.25, 0.3) is 0 Å². The van der Waals surface area contributed by atoms with Crippen molar-refractivity contribution in [2.45, 2.75) is 0 Å². The molecule has 0 saturated carbocycles. The van der Waals surface area contributed by atoms with E-state index in [2.05, 4.69) is 0 Å². The van der Waals surface area contributed by atoms with Crippen molar-refractivity contribution in [1.82, 2.24) is 0 Å². The average Bonchev–Trinajstić information content (AvgIpc) is 0.918. The highest BCUT2D eigenvalue weighted by Gasteiger charge is 1.18. The lowest BCUT2D eigenvalue weighted by Crippen LogP contribution is -1.25. The molecule has 4 heavy (non-hydrogen) atoms. The van der Waals surface area contributed by atoms with Gasteiger partial charge in [0.2, 0.25) is 0 Å². The maximum Gasteiger partial charge on any atom is 0.152 e. The Balaban J connectivity index is 0. The van der Waals surface area contributed by atoms with Gasteiger partial charge in [0.05, 0.1) is 0 Å². The fourth-order valence-corrected chi connectivity index (χ4v) is 0. The Bertz CT molecular complexity index is 10.8. The second kappa shape index (κ2) is 33.7. The van der Waals surface area contributed by atoms with E-state index >= 15 is 0 Å². The molecule has 0 spiro atoms. The first kappa shape index (κ1) is 10.1. The Hall–Kier alpha value is -0.640. The summed E-state index contributed by atoms with van der Waals surface area (Å²) in [5.41, 5.74) is 0. The third kappa shape index (κ3) is 0.430. The molecular weight excluding hydrogens is 62.0 g/mol. The average molecular weight is 65.0 g/mol. The van der Waals surface area contributed by atoms with Gasteiger partial charge in [-0.2, -0.15) is 0 Å². The maximum absolute atomic E-state index is 8.11. The minimum absolute atomic E-state index is 0. The molecule has 0 aromatic rings. The molecular formula is H3NO3. The van der Waals surface area contributed by atoms with Gasteiger partial charge >= 0.3 is 0 Å². The van der Waals surface area contributed by atoms with Gasteiger partial charge in [-0.25, -0.2) is 0 Å². The van der Waals surface area contributed by atoms with E-state index in [-0.39, 0.29) is 5.48 Å². The van der Waals surface area contributed by atoms with Crippen molar-refractivity contribution in [2.24, 2.45) is 5.34 Å². The van der Waals surface area contributed by atoms with Gasteiger partial charge in [0.15, 0.2) is 5.34 Å². The summed E-state index contributed by atoms with van der Waals surface area (Å²) in [4.78, 5) is 8.11. The number of hydrogen-bond acceptors (Lipinski definition) is 2. The summed E-state index contributed by atoms with van der Waals surface area (Å²) in [5, 5.41) is 7.89. The quantitative estimate of drug-likeness (QED) is 0.299. The number of hydrogen-bond donors (Lipinski definition) is 1. The SMILES string of the molecule is O.O=NO. The maximum atomic E-state index is 8.11. The molecule has 4 nitrogen and oxygen atoms in total. The van der Waals surface area contributed by atoms with Gasteiger partial charge in [0.1, 0.15) is 0 Å². The second-order valence-corrected chi connectivity index (χ2v) is 0.0816. The smallest absolute Gasteiger partial charge is 0.152 e. The third-order valence-corrected chi connectivity index (χ3v) is 0. The van der Waals surface area contributed by atoms with Crippen LogP contribution < -0.4 is 0 Å². The van der Waals surface area contributed by atoms with Crippen LogP contribution in [0.15, 0.2) is 5.34 Å². The predicted octanol–water partition coefficient (Wildman–Crippen LogP) is -0.683. The van der Waals surface area contributed by atoms with E-state index < -0.39 is 0 Å². The van der Waals surface area contributed by atoms with Crippen molar-refractivity contribution in [1.29, 1.82) is 0 Å². The van der Waals surface area contributed by atoms with E-state index in [1.54, 1.807) is 0 Å². The molecule has 0 aliphatic rings. The molecule has 0 aromatic carbocycles. The highest BCUT2D eigenvalue weighted by atomic mass is 16.6. The van der Waals surface area contributed by atoms with Crippen LogP contribution in [-0.4, -0.2) is 10.7 Å². The van der Waals surface area contributed by atoms with Crippen LogP contribution in [0.1, 0.15) is 0 Å². The molecule has 0 aromatic heterocycles. The molecule has 0 heterocycles. The lowest BCUT2D eigenvalue weighted by Gasteiger charge is -1.32. The van der Waals surface area contributed by atoms with Crippen LogP contribution in [0.2, 0.25) is 0 Å². The molecule has 0 atom stereocenters. The van der Waals surface area contributed by atoms with Crippen molar-refractivity contribution in [3.05, 3.63) is 4.91 Å². The number of rotatable bonds is 0. The third-order valence-electron chi connectivity index (χ3n) is 0. The van der Waals surface area contributed by atoms with Gasteiger partial charge in [-0.1, -0.05) is 0 Å². The molecule has 0 fully saturated rings. The molecule has 0 aliphatic heterocycles. The van der Waals surface area contributed by atoms with E-state index in [9.17, 15) is 0 Å². The highest BCUT2D eigenvalue weighted by molar-refractivity contribution is 3.83. The molecule has 4 heteroatoms. The Morgan fingerprint density at radius 1 is 1.75 bits per heavy atom. The zero-order chi connectivity index (χ0) is 2.71. The molecule has 0 aliphatic carbocycles. The topological polar surface area (TPSA) is 81.2 Å². The summed E-state index contributed by atoms with van der Waals surface area (Å²) in [6.07, 6.45) is 0. The van der Waals surface area contributed by atoms with Gasteiger partial charge in [-0.15, -0.1) is 4.91 Å². The van der Waals surface area contributed by atoms with Crippen LogP contribution in [-0.2, 0) is 0 Å². The summed E-state index contributed by atoms with van der Waals surface area (Å²) in [7, 11) is 0. The molecule has 0 bridgehead atoms. The first-order valence-electron chi connectivity index (χ1n) is 0.383. The first-order chi connectivity index (χ1) is 1.41. The lowest BCUT2D eigenvalue weighted by molar-refractivity contribution is 0.312. The Morgan fingerprint density at radius 2 is 1.75 bits per heavy atom. The standard InChI is InChI=1S/HNO2.H2O/c2-1-3;/h(H,2,3);1H2. The normalized spacial score (nSPS) is 3.00. The Morgan fingerprint density at radius 3 is 1.75 bits per heavy atom. The molecule has 0 rings (SSSR count). The zero-order valence-electron chi connectivity index (χ0n) is 1.80. The van der Waals surface area contributed by atoms with E-state index in [1.807, 2.05) is 0 Å². The number of nitrogens with zero attached hydrogens (tertiary/aromatic N) is 1. The summed E-state index contributed by atoms with van der Waals surface area (Å²) in [6, 6.07) is 0. The van der Waals surface area contributed by atoms with Crippen molar-refractivity contribution in [3.63, 3.8) is 0 Å². The molecule has 3 N–H and O–H groups in total. The molecule has 0 saturated heterocycles. The summed E-state index contributed by atoms with van der Waals surface area (Å²) in [6.45, 7) is 0. The van der Waals surface area contributed by atoms with Gasteiger partial charge < -0.3 is 10.7 Å². The minimum atomic E-state index is 0. The van der Waals surface area contributed by atoms with Crippen LogP contribution in [0, 0.1) is 4.91 Å². The van der Waals surface area contributed by atoms with Crippen LogP contribution in [0.3, 0.4) is 0 Å². The summed E-state index contributed by atoms with van der Waals surface area (Å²) < 4.78 is 0. The molecule has 0 radical (unpaired) electrons. The fourth-order valence-electron chi connectivity index (χ4n) is 0. The van der Waals surface area contributed by atoms with Crippen molar-refractivity contribution < 1.29 is 10.7 Å². The van der Waals surface area contributed by atoms with E-state index in [4.69, 9.17) is 10.1 Å². The van der Waals surface area contributed by atoms with Crippen molar-refractivity contribution >= 4 is 0 Å². The van der Waals surface area contributed by atoms with E-state index in [0.29, 0.717) is 0 Å². The lowest BCUT2D eigenvalue weighted by atomic mass is 13.4. The van der Waals surface area contributed by atoms with E-state index in [0.717, 1.165) is 0 Å². The summed E-state index contributed by atoms with van der Waals surface area (Å²) in [5.74, 6) is 0. The highest BCUT2D eigenvalue weighted by Crippen LogP contribution is 1.25. The largest absolute Gasteiger partial charge is 0.412 e. The van der Waals surface area contributed by atoms with Crippen LogP contribution in [0.5, 0.6) is 0 Å². The van der Waals surface area contributed by atoms with Crippen molar-refractivity contribution in [2.75, 3.05) is 0 Å². The van der Waals surface area contributed by atoms with Gasteiger partial charge in [0.25, 0.3) is 0 Å². The molecule has 0 unspecified atom stereocenters. The van der Waals surface area contributed by atoms with Crippen LogP contribution >= 0.6 is 0 Å². The fraction of sp³-hybridized carbons (Fsp3) is 0. The van der Waals surface area contributed by atoms with Gasteiger partial charge in [-0.3, -0.25) is 0 Å². The van der Waals surface area contributed by atoms with Crippen LogP contribution in [0.4, 0.5) is 0 Å². The second-order valence-electron chi connectivity index (χ2n) is 0.0816. The monoisotopic (exact) mass is 65.0 g/mol. The Labute approximate surface area is 22.3 Å².